The van der Waals surface area contributed by atoms with E-state index in [-0.39, 0.29) is 12.2 Å². The predicted molar refractivity (Wildman–Crippen MR) is 69.3 cm³/mol. The van der Waals surface area contributed by atoms with Gasteiger partial charge >= 0.3 is 5.97 Å². The highest BCUT2D eigenvalue weighted by Crippen LogP contribution is 2.45. The predicted octanol–water partition coefficient (Wildman–Crippen LogP) is 2.07. The molecule has 0 saturated carbocycles. The zero-order valence-electron chi connectivity index (χ0n) is 11.2. The number of epoxide rings is 1. The number of hydrogen-bond acceptors (Lipinski definition) is 5. The first kappa shape index (κ1) is 12.7. The van der Waals surface area contributed by atoms with Gasteiger partial charge in [0.05, 0.1) is 20.3 Å². The minimum Gasteiger partial charge on any atom is -0.494 e. The average Bonchev–Trinajstić information content (AvgIpc) is 3.17. The van der Waals surface area contributed by atoms with Crippen LogP contribution in [0.1, 0.15) is 11.7 Å². The second kappa shape index (κ2) is 5.02. The van der Waals surface area contributed by atoms with Gasteiger partial charge in [-0.2, -0.15) is 0 Å². The quantitative estimate of drug-likeness (QED) is 0.478. The molecular weight excluding hydrogens is 260 g/mol. The zero-order chi connectivity index (χ0) is 14.1. The van der Waals surface area contributed by atoms with E-state index in [9.17, 15) is 4.79 Å². The van der Waals surface area contributed by atoms with Gasteiger partial charge in [0.25, 0.3) is 0 Å². The lowest BCUT2D eigenvalue weighted by Gasteiger charge is -2.09. The second-order valence-electron chi connectivity index (χ2n) is 4.42. The van der Waals surface area contributed by atoms with Crippen molar-refractivity contribution in [2.75, 3.05) is 14.2 Å². The van der Waals surface area contributed by atoms with Crippen molar-refractivity contribution < 1.29 is 23.7 Å². The van der Waals surface area contributed by atoms with E-state index in [1.54, 1.807) is 0 Å². The van der Waals surface area contributed by atoms with Crippen molar-refractivity contribution >= 4 is 5.97 Å². The van der Waals surface area contributed by atoms with Gasteiger partial charge in [-0.15, -0.1) is 0 Å². The molecule has 1 saturated heterocycles. The SMILES string of the molecule is COC1=CC(=O)O/C1=C(\OC)[C@@H]1O[C@H]1c1ccccc1. The van der Waals surface area contributed by atoms with Gasteiger partial charge in [0.2, 0.25) is 5.76 Å². The first-order valence-corrected chi connectivity index (χ1v) is 6.21. The van der Waals surface area contributed by atoms with E-state index in [1.807, 2.05) is 30.3 Å². The Balaban J connectivity index is 1.86. The summed E-state index contributed by atoms with van der Waals surface area (Å²) in [6, 6.07) is 9.81. The smallest absolute Gasteiger partial charge is 0.340 e. The minimum atomic E-state index is -0.469. The molecule has 2 aliphatic heterocycles. The lowest BCUT2D eigenvalue weighted by Crippen LogP contribution is -2.06. The van der Waals surface area contributed by atoms with Crippen LogP contribution in [0.5, 0.6) is 0 Å². The number of rotatable bonds is 4. The average molecular weight is 274 g/mol. The summed E-state index contributed by atoms with van der Waals surface area (Å²) >= 11 is 0. The molecule has 3 rings (SSSR count). The number of carbonyl (C=O) groups excluding carboxylic acids is 1. The van der Waals surface area contributed by atoms with Crippen LogP contribution >= 0.6 is 0 Å². The summed E-state index contributed by atoms with van der Waals surface area (Å²) in [5, 5.41) is 0. The lowest BCUT2D eigenvalue weighted by atomic mass is 10.1. The molecule has 1 fully saturated rings. The highest BCUT2D eigenvalue weighted by atomic mass is 16.6. The topological polar surface area (TPSA) is 57.3 Å². The molecule has 0 radical (unpaired) electrons. The van der Waals surface area contributed by atoms with Crippen LogP contribution in [-0.4, -0.2) is 26.3 Å². The van der Waals surface area contributed by atoms with E-state index in [0.29, 0.717) is 17.3 Å². The molecule has 0 aliphatic carbocycles. The Morgan fingerprint density at radius 2 is 1.95 bits per heavy atom. The Morgan fingerprint density at radius 3 is 2.60 bits per heavy atom. The lowest BCUT2D eigenvalue weighted by molar-refractivity contribution is -0.132. The molecule has 0 unspecified atom stereocenters. The largest absolute Gasteiger partial charge is 0.494 e. The van der Waals surface area contributed by atoms with Crippen molar-refractivity contribution in [2.45, 2.75) is 12.2 Å². The highest BCUT2D eigenvalue weighted by Gasteiger charge is 2.47. The summed E-state index contributed by atoms with van der Waals surface area (Å²) in [4.78, 5) is 11.3. The normalized spacial score (nSPS) is 26.7. The zero-order valence-corrected chi connectivity index (χ0v) is 11.2. The fraction of sp³-hybridized carbons (Fsp3) is 0.267. The van der Waals surface area contributed by atoms with Gasteiger partial charge in [0.15, 0.2) is 11.5 Å². The monoisotopic (exact) mass is 274 g/mol. The number of hydrogen-bond donors (Lipinski definition) is 0. The molecule has 1 aromatic carbocycles. The summed E-state index contributed by atoms with van der Waals surface area (Å²) < 4.78 is 21.2. The van der Waals surface area contributed by atoms with E-state index < -0.39 is 5.97 Å². The van der Waals surface area contributed by atoms with Gasteiger partial charge in [-0.1, -0.05) is 30.3 Å². The molecule has 104 valence electrons. The van der Waals surface area contributed by atoms with E-state index in [0.717, 1.165) is 5.56 Å². The summed E-state index contributed by atoms with van der Waals surface area (Å²) in [7, 11) is 3.00. The Morgan fingerprint density at radius 1 is 1.20 bits per heavy atom. The summed E-state index contributed by atoms with van der Waals surface area (Å²) in [5.41, 5.74) is 1.06. The molecule has 2 atom stereocenters. The van der Waals surface area contributed by atoms with Crippen LogP contribution < -0.4 is 0 Å². The summed E-state index contributed by atoms with van der Waals surface area (Å²) in [5.74, 6) is 0.652. The summed E-state index contributed by atoms with van der Waals surface area (Å²) in [6.07, 6.45) is 0.937. The molecule has 0 N–H and O–H groups in total. The third-order valence-corrected chi connectivity index (χ3v) is 3.22. The third-order valence-electron chi connectivity index (χ3n) is 3.22. The van der Waals surface area contributed by atoms with Gasteiger partial charge in [-0.05, 0) is 5.56 Å². The van der Waals surface area contributed by atoms with E-state index >= 15 is 0 Å². The Hall–Kier alpha value is -2.27. The van der Waals surface area contributed by atoms with Crippen molar-refractivity contribution in [3.63, 3.8) is 0 Å². The second-order valence-corrected chi connectivity index (χ2v) is 4.42. The van der Waals surface area contributed by atoms with Crippen LogP contribution in [0.15, 0.2) is 53.7 Å². The molecule has 0 aromatic heterocycles. The van der Waals surface area contributed by atoms with Crippen LogP contribution in [0.25, 0.3) is 0 Å². The van der Waals surface area contributed by atoms with Crippen molar-refractivity contribution in [1.82, 2.24) is 0 Å². The number of benzene rings is 1. The fourth-order valence-electron chi connectivity index (χ4n) is 2.22. The molecule has 0 amide bonds. The van der Waals surface area contributed by atoms with Crippen molar-refractivity contribution in [3.8, 4) is 0 Å². The van der Waals surface area contributed by atoms with Gasteiger partial charge in [-0.25, -0.2) is 4.79 Å². The molecule has 5 heteroatoms. The summed E-state index contributed by atoms with van der Waals surface area (Å²) in [6.45, 7) is 0. The van der Waals surface area contributed by atoms with Gasteiger partial charge in [0, 0.05) is 0 Å². The van der Waals surface area contributed by atoms with Crippen molar-refractivity contribution in [1.29, 1.82) is 0 Å². The molecule has 0 bridgehead atoms. The Bertz CT molecular complexity index is 588. The minimum absolute atomic E-state index is 0.0870. The highest BCUT2D eigenvalue weighted by molar-refractivity contribution is 5.87. The first-order chi connectivity index (χ1) is 9.74. The third kappa shape index (κ3) is 2.16. The van der Waals surface area contributed by atoms with E-state index in [2.05, 4.69) is 0 Å². The van der Waals surface area contributed by atoms with E-state index in [4.69, 9.17) is 18.9 Å². The first-order valence-electron chi connectivity index (χ1n) is 6.21. The number of esters is 1. The van der Waals surface area contributed by atoms with Crippen molar-refractivity contribution in [3.05, 3.63) is 59.2 Å². The maximum Gasteiger partial charge on any atom is 0.340 e. The molecule has 0 spiro atoms. The van der Waals surface area contributed by atoms with Crippen LogP contribution in [0.2, 0.25) is 0 Å². The molecular formula is C15H14O5. The maximum absolute atomic E-state index is 11.3. The number of carbonyl (C=O) groups is 1. The van der Waals surface area contributed by atoms with Crippen LogP contribution in [0.4, 0.5) is 0 Å². The van der Waals surface area contributed by atoms with E-state index in [1.165, 1.54) is 20.3 Å². The van der Waals surface area contributed by atoms with Gasteiger partial charge in [0.1, 0.15) is 12.2 Å². The van der Waals surface area contributed by atoms with Crippen LogP contribution in [-0.2, 0) is 23.7 Å². The van der Waals surface area contributed by atoms with Crippen molar-refractivity contribution in [2.24, 2.45) is 0 Å². The Kier molecular flexibility index (Phi) is 3.20. The molecule has 2 heterocycles. The number of cyclic esters (lactones) is 1. The standard InChI is InChI=1S/C15H14O5/c1-17-10-8-11(16)19-13(10)14(18-2)15-12(20-15)9-6-4-3-5-7-9/h3-8,12,15H,1-2H3/b14-13-/t12-,15+/m0/s1. The Labute approximate surface area is 116 Å². The fourth-order valence-corrected chi connectivity index (χ4v) is 2.22. The van der Waals surface area contributed by atoms with Crippen LogP contribution in [0, 0.1) is 0 Å². The van der Waals surface area contributed by atoms with Crippen LogP contribution in [0.3, 0.4) is 0 Å². The number of methoxy groups -OCH3 is 2. The van der Waals surface area contributed by atoms with Gasteiger partial charge < -0.3 is 18.9 Å². The van der Waals surface area contributed by atoms with Gasteiger partial charge in [-0.3, -0.25) is 0 Å². The molecule has 20 heavy (non-hydrogen) atoms. The molecule has 2 aliphatic rings. The molecule has 1 aromatic rings. The molecule has 5 nitrogen and oxygen atoms in total. The maximum atomic E-state index is 11.3. The number of ether oxygens (including phenoxy) is 4.